The van der Waals surface area contributed by atoms with E-state index < -0.39 is 0 Å². The van der Waals surface area contributed by atoms with Gasteiger partial charge in [-0.15, -0.1) is 0 Å². The van der Waals surface area contributed by atoms with Crippen LogP contribution in [0.4, 0.5) is 0 Å². The number of likely N-dealkylation sites (N-methyl/N-ethyl adjacent to an activating group) is 1. The zero-order valence-electron chi connectivity index (χ0n) is 13.5. The third-order valence-electron chi connectivity index (χ3n) is 3.92. The molecule has 114 valence electrons. The molecule has 0 aromatic carbocycles. The van der Waals surface area contributed by atoms with Crippen LogP contribution in [-0.2, 0) is 9.47 Å². The summed E-state index contributed by atoms with van der Waals surface area (Å²) in [4.78, 5) is 0. The lowest BCUT2D eigenvalue weighted by atomic mass is 9.81. The first kappa shape index (κ1) is 16.9. The number of ether oxygens (including phenoxy) is 2. The van der Waals surface area contributed by atoms with E-state index in [1.165, 1.54) is 32.1 Å². The molecular weight excluding hydrogens is 238 g/mol. The zero-order chi connectivity index (χ0) is 14.3. The van der Waals surface area contributed by atoms with Crippen molar-refractivity contribution in [2.75, 3.05) is 20.3 Å². The second-order valence-corrected chi connectivity index (χ2v) is 6.73. The minimum Gasteiger partial charge on any atom is -0.374 e. The largest absolute Gasteiger partial charge is 0.374 e. The average Bonchev–Trinajstić information content (AvgIpc) is 2.34. The molecule has 0 aliphatic heterocycles. The van der Waals surface area contributed by atoms with Crippen molar-refractivity contribution >= 4 is 0 Å². The van der Waals surface area contributed by atoms with E-state index in [1.54, 1.807) is 0 Å². The van der Waals surface area contributed by atoms with Crippen molar-refractivity contribution < 1.29 is 9.47 Å². The average molecular weight is 271 g/mol. The highest BCUT2D eigenvalue weighted by Crippen LogP contribution is 2.29. The fraction of sp³-hybridized carbons (Fsp3) is 1.00. The fourth-order valence-electron chi connectivity index (χ4n) is 2.94. The molecule has 1 N–H and O–H groups in total. The van der Waals surface area contributed by atoms with Gasteiger partial charge in [-0.05, 0) is 53.0 Å². The molecular formula is C16H33NO2. The van der Waals surface area contributed by atoms with Crippen molar-refractivity contribution in [2.24, 2.45) is 5.92 Å². The Kier molecular flexibility index (Phi) is 7.33. The highest BCUT2D eigenvalue weighted by Gasteiger charge is 2.29. The van der Waals surface area contributed by atoms with Gasteiger partial charge in [0.2, 0.25) is 0 Å². The summed E-state index contributed by atoms with van der Waals surface area (Å²) in [5.41, 5.74) is -0.0664. The van der Waals surface area contributed by atoms with E-state index in [9.17, 15) is 0 Å². The molecule has 0 bridgehead atoms. The molecule has 1 aliphatic rings. The van der Waals surface area contributed by atoms with Gasteiger partial charge in [-0.2, -0.15) is 0 Å². The molecule has 0 aromatic heterocycles. The van der Waals surface area contributed by atoms with E-state index in [2.05, 4.69) is 33.0 Å². The Balaban J connectivity index is 2.30. The number of hydrogen-bond acceptors (Lipinski definition) is 3. The standard InChI is InChI=1S/C16H33NO2/c1-6-7-13-8-9-14(17-5)15(12-13)18-10-11-19-16(2,3)4/h13-15,17H,6-12H2,1-5H3. The van der Waals surface area contributed by atoms with Crippen LogP contribution >= 0.6 is 0 Å². The predicted molar refractivity (Wildman–Crippen MR) is 80.5 cm³/mol. The number of nitrogens with one attached hydrogen (secondary N) is 1. The highest BCUT2D eigenvalue weighted by atomic mass is 16.5. The van der Waals surface area contributed by atoms with Gasteiger partial charge in [0.15, 0.2) is 0 Å². The van der Waals surface area contributed by atoms with Crippen molar-refractivity contribution in [1.82, 2.24) is 5.32 Å². The summed E-state index contributed by atoms with van der Waals surface area (Å²) < 4.78 is 11.8. The first-order valence-electron chi connectivity index (χ1n) is 7.89. The van der Waals surface area contributed by atoms with Crippen LogP contribution in [0.15, 0.2) is 0 Å². The number of rotatable bonds is 7. The van der Waals surface area contributed by atoms with Gasteiger partial charge in [-0.25, -0.2) is 0 Å². The van der Waals surface area contributed by atoms with Crippen molar-refractivity contribution in [2.45, 2.75) is 77.5 Å². The van der Waals surface area contributed by atoms with Gasteiger partial charge < -0.3 is 14.8 Å². The van der Waals surface area contributed by atoms with Crippen molar-refractivity contribution in [3.05, 3.63) is 0 Å². The molecule has 0 saturated heterocycles. The van der Waals surface area contributed by atoms with Crippen LogP contribution in [0.5, 0.6) is 0 Å². The van der Waals surface area contributed by atoms with Gasteiger partial charge in [0.05, 0.1) is 24.9 Å². The van der Waals surface area contributed by atoms with Gasteiger partial charge in [0, 0.05) is 6.04 Å². The van der Waals surface area contributed by atoms with Crippen LogP contribution < -0.4 is 5.32 Å². The summed E-state index contributed by atoms with van der Waals surface area (Å²) in [6.07, 6.45) is 6.78. The molecule has 0 heterocycles. The monoisotopic (exact) mass is 271 g/mol. The fourth-order valence-corrected chi connectivity index (χ4v) is 2.94. The quantitative estimate of drug-likeness (QED) is 0.720. The van der Waals surface area contributed by atoms with E-state index in [0.29, 0.717) is 25.4 Å². The molecule has 1 saturated carbocycles. The molecule has 0 aromatic rings. The topological polar surface area (TPSA) is 30.5 Å². The van der Waals surface area contributed by atoms with Gasteiger partial charge in [0.1, 0.15) is 0 Å². The number of hydrogen-bond donors (Lipinski definition) is 1. The van der Waals surface area contributed by atoms with Crippen molar-refractivity contribution in [3.63, 3.8) is 0 Å². The summed E-state index contributed by atoms with van der Waals surface area (Å²) in [7, 11) is 2.05. The summed E-state index contributed by atoms with van der Waals surface area (Å²) in [6.45, 7) is 9.93. The maximum atomic E-state index is 6.07. The molecule has 1 rings (SSSR count). The molecule has 3 heteroatoms. The van der Waals surface area contributed by atoms with Crippen LogP contribution in [0.1, 0.15) is 59.8 Å². The van der Waals surface area contributed by atoms with Crippen LogP contribution in [0.25, 0.3) is 0 Å². The van der Waals surface area contributed by atoms with E-state index in [1.807, 2.05) is 7.05 Å². The zero-order valence-corrected chi connectivity index (χ0v) is 13.5. The SMILES string of the molecule is CCCC1CCC(NC)C(OCCOC(C)(C)C)C1. The van der Waals surface area contributed by atoms with E-state index >= 15 is 0 Å². The molecule has 19 heavy (non-hydrogen) atoms. The third-order valence-corrected chi connectivity index (χ3v) is 3.92. The minimum absolute atomic E-state index is 0.0664. The predicted octanol–water partition coefficient (Wildman–Crippen LogP) is 3.37. The first-order valence-corrected chi connectivity index (χ1v) is 7.89. The van der Waals surface area contributed by atoms with Crippen LogP contribution in [0, 0.1) is 5.92 Å². The van der Waals surface area contributed by atoms with Crippen LogP contribution in [0.3, 0.4) is 0 Å². The van der Waals surface area contributed by atoms with Crippen LogP contribution in [0.2, 0.25) is 0 Å². The lowest BCUT2D eigenvalue weighted by Crippen LogP contribution is -2.44. The Hall–Kier alpha value is -0.120. The van der Waals surface area contributed by atoms with Crippen LogP contribution in [-0.4, -0.2) is 38.0 Å². The first-order chi connectivity index (χ1) is 8.96. The Morgan fingerprint density at radius 2 is 1.89 bits per heavy atom. The van der Waals surface area contributed by atoms with Gasteiger partial charge in [-0.3, -0.25) is 0 Å². The Morgan fingerprint density at radius 1 is 1.16 bits per heavy atom. The molecule has 0 radical (unpaired) electrons. The Morgan fingerprint density at radius 3 is 2.47 bits per heavy atom. The minimum atomic E-state index is -0.0664. The summed E-state index contributed by atoms with van der Waals surface area (Å²) >= 11 is 0. The Labute approximate surface area is 119 Å². The lowest BCUT2D eigenvalue weighted by molar-refractivity contribution is -0.0695. The molecule has 3 atom stereocenters. The smallest absolute Gasteiger partial charge is 0.0731 e. The van der Waals surface area contributed by atoms with E-state index in [-0.39, 0.29) is 5.60 Å². The normalized spacial score (nSPS) is 28.6. The second kappa shape index (κ2) is 8.23. The van der Waals surface area contributed by atoms with Crippen molar-refractivity contribution in [3.8, 4) is 0 Å². The maximum Gasteiger partial charge on any atom is 0.0731 e. The molecule has 1 fully saturated rings. The third kappa shape index (κ3) is 6.73. The molecule has 3 nitrogen and oxygen atoms in total. The summed E-state index contributed by atoms with van der Waals surface area (Å²) in [5, 5.41) is 3.41. The molecule has 0 amide bonds. The van der Waals surface area contributed by atoms with E-state index in [0.717, 1.165) is 5.92 Å². The highest BCUT2D eigenvalue weighted by molar-refractivity contribution is 4.84. The summed E-state index contributed by atoms with van der Waals surface area (Å²) in [5.74, 6) is 0.850. The molecule has 0 spiro atoms. The molecule has 3 unspecified atom stereocenters. The second-order valence-electron chi connectivity index (χ2n) is 6.73. The van der Waals surface area contributed by atoms with Gasteiger partial charge in [-0.1, -0.05) is 19.8 Å². The maximum absolute atomic E-state index is 6.07. The molecule has 1 aliphatic carbocycles. The Bertz CT molecular complexity index is 237. The summed E-state index contributed by atoms with van der Waals surface area (Å²) in [6, 6.07) is 0.516. The van der Waals surface area contributed by atoms with E-state index in [4.69, 9.17) is 9.47 Å². The van der Waals surface area contributed by atoms with Crippen molar-refractivity contribution in [1.29, 1.82) is 0 Å². The lowest BCUT2D eigenvalue weighted by Gasteiger charge is -2.36. The van der Waals surface area contributed by atoms with Gasteiger partial charge >= 0.3 is 0 Å². The van der Waals surface area contributed by atoms with Gasteiger partial charge in [0.25, 0.3) is 0 Å².